The van der Waals surface area contributed by atoms with Crippen molar-refractivity contribution in [1.29, 1.82) is 0 Å². The van der Waals surface area contributed by atoms with Crippen LogP contribution in [0.25, 0.3) is 0 Å². The van der Waals surface area contributed by atoms with Gasteiger partial charge in [-0.2, -0.15) is 0 Å². The highest BCUT2D eigenvalue weighted by Gasteiger charge is 2.53. The molecule has 0 saturated heterocycles. The van der Waals surface area contributed by atoms with Crippen LogP contribution in [0.15, 0.2) is 66.7 Å². The Morgan fingerprint density at radius 3 is 2.52 bits per heavy atom. The Hall–Kier alpha value is -2.98. The lowest BCUT2D eigenvalue weighted by atomic mass is 9.68. The molecule has 5 heteroatoms. The Labute approximate surface area is 198 Å². The number of anilines is 1. The molecule has 0 spiro atoms. The number of benzene rings is 3. The third kappa shape index (κ3) is 3.67. The highest BCUT2D eigenvalue weighted by Crippen LogP contribution is 2.63. The van der Waals surface area contributed by atoms with Gasteiger partial charge in [-0.25, -0.2) is 4.79 Å². The van der Waals surface area contributed by atoms with E-state index in [0.717, 1.165) is 22.0 Å². The molecule has 2 saturated carbocycles. The number of rotatable bonds is 5. The van der Waals surface area contributed by atoms with Crippen molar-refractivity contribution in [3.8, 4) is 5.75 Å². The summed E-state index contributed by atoms with van der Waals surface area (Å²) in [6.45, 7) is 0.506. The van der Waals surface area contributed by atoms with E-state index >= 15 is 0 Å². The van der Waals surface area contributed by atoms with E-state index in [1.165, 1.54) is 30.4 Å². The number of carboxylic acids is 1. The summed E-state index contributed by atoms with van der Waals surface area (Å²) >= 11 is 5.96. The summed E-state index contributed by atoms with van der Waals surface area (Å²) in [6.07, 6.45) is 3.79. The Balaban J connectivity index is 1.25. The summed E-state index contributed by atoms with van der Waals surface area (Å²) in [5.41, 5.74) is 5.02. The van der Waals surface area contributed by atoms with Crippen LogP contribution in [0.1, 0.15) is 58.3 Å². The molecule has 1 heterocycles. The van der Waals surface area contributed by atoms with Gasteiger partial charge in [0.15, 0.2) is 0 Å². The first kappa shape index (κ1) is 20.6. The van der Waals surface area contributed by atoms with Crippen molar-refractivity contribution in [2.75, 3.05) is 5.32 Å². The van der Waals surface area contributed by atoms with Crippen molar-refractivity contribution in [2.45, 2.75) is 37.8 Å². The van der Waals surface area contributed by atoms with Crippen LogP contribution in [-0.2, 0) is 6.61 Å². The second-order valence-electron chi connectivity index (χ2n) is 9.65. The molecule has 0 radical (unpaired) electrons. The first-order valence-electron chi connectivity index (χ1n) is 11.7. The smallest absolute Gasteiger partial charge is 0.335 e. The topological polar surface area (TPSA) is 58.6 Å². The molecule has 3 aromatic rings. The SMILES string of the molecule is O=C(O)c1ccc2c(c1)[C@@H]1[C@H]3CC[C@@H](C3)[C@H]1[C@@H](c1ccc(OCc3ccc(Cl)cc3)cc1)N2. The normalized spacial score (nSPS) is 26.9. The maximum absolute atomic E-state index is 11.6. The van der Waals surface area contributed by atoms with Crippen molar-refractivity contribution in [3.05, 3.63) is 94.0 Å². The molecule has 2 bridgehead atoms. The highest BCUT2D eigenvalue weighted by molar-refractivity contribution is 6.30. The van der Waals surface area contributed by atoms with Crippen molar-refractivity contribution < 1.29 is 14.6 Å². The Bertz CT molecular complexity index is 1190. The van der Waals surface area contributed by atoms with Gasteiger partial charge in [0.1, 0.15) is 12.4 Å². The average molecular weight is 460 g/mol. The Morgan fingerprint density at radius 1 is 1.00 bits per heavy atom. The van der Waals surface area contributed by atoms with E-state index < -0.39 is 5.97 Å². The molecule has 4 nitrogen and oxygen atoms in total. The molecule has 6 rings (SSSR count). The van der Waals surface area contributed by atoms with E-state index in [-0.39, 0.29) is 6.04 Å². The molecule has 3 aliphatic rings. The van der Waals surface area contributed by atoms with Gasteiger partial charge in [0.2, 0.25) is 0 Å². The van der Waals surface area contributed by atoms with Crippen molar-refractivity contribution in [2.24, 2.45) is 17.8 Å². The van der Waals surface area contributed by atoms with E-state index in [1.807, 2.05) is 36.4 Å². The maximum atomic E-state index is 11.6. The van der Waals surface area contributed by atoms with Crippen LogP contribution in [0.4, 0.5) is 5.69 Å². The third-order valence-electron chi connectivity index (χ3n) is 7.89. The van der Waals surface area contributed by atoms with Gasteiger partial charge in [0.25, 0.3) is 0 Å². The molecule has 0 aromatic heterocycles. The van der Waals surface area contributed by atoms with Crippen molar-refractivity contribution in [3.63, 3.8) is 0 Å². The van der Waals surface area contributed by atoms with E-state index in [4.69, 9.17) is 16.3 Å². The van der Waals surface area contributed by atoms with Gasteiger partial charge < -0.3 is 15.2 Å². The minimum atomic E-state index is -0.853. The number of carbonyl (C=O) groups is 1. The quantitative estimate of drug-likeness (QED) is 0.435. The van der Waals surface area contributed by atoms with Crippen molar-refractivity contribution >= 4 is 23.3 Å². The summed E-state index contributed by atoms with van der Waals surface area (Å²) in [7, 11) is 0. The predicted octanol–water partition coefficient (Wildman–Crippen LogP) is 6.91. The fraction of sp³-hybridized carbons (Fsp3) is 0.321. The number of ether oxygens (including phenoxy) is 1. The molecule has 2 aliphatic carbocycles. The third-order valence-corrected chi connectivity index (χ3v) is 8.14. The van der Waals surface area contributed by atoms with Crippen LogP contribution in [0, 0.1) is 17.8 Å². The van der Waals surface area contributed by atoms with E-state index in [0.29, 0.717) is 35.8 Å². The van der Waals surface area contributed by atoms with E-state index in [1.54, 1.807) is 6.07 Å². The molecule has 5 atom stereocenters. The molecule has 0 unspecified atom stereocenters. The lowest BCUT2D eigenvalue weighted by Crippen LogP contribution is -2.35. The molecule has 2 N–H and O–H groups in total. The zero-order valence-corrected chi connectivity index (χ0v) is 19.0. The standard InChI is InChI=1S/C28H26ClNO3/c29-21-8-1-16(2-9-21)15-33-22-10-5-17(6-11-22)27-26-19-4-3-18(13-19)25(26)23-14-20(28(31)32)7-12-24(23)30-27/h1-2,5-12,14,18-19,25-27,30H,3-4,13,15H2,(H,31,32)/t18-,19-,25-,26+,27+/m0/s1. The molecule has 2 fully saturated rings. The lowest BCUT2D eigenvalue weighted by molar-refractivity contribution is 0.0696. The van der Waals surface area contributed by atoms with Crippen molar-refractivity contribution in [1.82, 2.24) is 0 Å². The van der Waals surface area contributed by atoms with Gasteiger partial charge >= 0.3 is 5.97 Å². The minimum absolute atomic E-state index is 0.235. The number of hydrogen-bond donors (Lipinski definition) is 2. The van der Waals surface area contributed by atoms with Crippen LogP contribution >= 0.6 is 11.6 Å². The van der Waals surface area contributed by atoms with Crippen LogP contribution in [0.5, 0.6) is 5.75 Å². The molecule has 168 valence electrons. The summed E-state index contributed by atoms with van der Waals surface area (Å²) in [6, 6.07) is 22.0. The van der Waals surface area contributed by atoms with Gasteiger partial charge in [-0.15, -0.1) is 0 Å². The molecule has 33 heavy (non-hydrogen) atoms. The van der Waals surface area contributed by atoms with Gasteiger partial charge in [-0.1, -0.05) is 35.9 Å². The first-order valence-corrected chi connectivity index (χ1v) is 12.1. The number of carboxylic acid groups (broad SMARTS) is 1. The Morgan fingerprint density at radius 2 is 1.76 bits per heavy atom. The minimum Gasteiger partial charge on any atom is -0.489 e. The fourth-order valence-corrected chi connectivity index (χ4v) is 6.59. The van der Waals surface area contributed by atoms with Crippen LogP contribution < -0.4 is 10.1 Å². The second kappa shape index (κ2) is 8.11. The summed E-state index contributed by atoms with van der Waals surface area (Å²) in [5, 5.41) is 14.0. The zero-order valence-electron chi connectivity index (χ0n) is 18.2. The lowest BCUT2D eigenvalue weighted by Gasteiger charge is -2.43. The molecule has 1 aliphatic heterocycles. The van der Waals surface area contributed by atoms with Crippen LogP contribution in [-0.4, -0.2) is 11.1 Å². The maximum Gasteiger partial charge on any atom is 0.335 e. The molecular weight excluding hydrogens is 434 g/mol. The number of fused-ring (bicyclic) bond motifs is 7. The number of nitrogens with one attached hydrogen (secondary N) is 1. The fourth-order valence-electron chi connectivity index (χ4n) is 6.47. The van der Waals surface area contributed by atoms with Gasteiger partial charge in [-0.05, 0) is 102 Å². The zero-order chi connectivity index (χ0) is 22.5. The summed E-state index contributed by atoms with van der Waals surface area (Å²) < 4.78 is 5.98. The number of aromatic carboxylic acids is 1. The predicted molar refractivity (Wildman–Crippen MR) is 129 cm³/mol. The van der Waals surface area contributed by atoms with E-state index in [9.17, 15) is 9.90 Å². The Kier molecular flexibility index (Phi) is 5.06. The van der Waals surface area contributed by atoms with Crippen LogP contribution in [0.3, 0.4) is 0 Å². The summed E-state index contributed by atoms with van der Waals surface area (Å²) in [4.78, 5) is 11.6. The molecule has 0 amide bonds. The van der Waals surface area contributed by atoms with Gasteiger partial charge in [-0.3, -0.25) is 0 Å². The van der Waals surface area contributed by atoms with Gasteiger partial charge in [0, 0.05) is 10.7 Å². The van der Waals surface area contributed by atoms with Gasteiger partial charge in [0.05, 0.1) is 11.6 Å². The number of hydrogen-bond acceptors (Lipinski definition) is 3. The highest BCUT2D eigenvalue weighted by atomic mass is 35.5. The summed E-state index contributed by atoms with van der Waals surface area (Å²) in [5.74, 6) is 2.29. The average Bonchev–Trinajstić information content (AvgIpc) is 3.46. The van der Waals surface area contributed by atoms with Crippen LogP contribution in [0.2, 0.25) is 5.02 Å². The largest absolute Gasteiger partial charge is 0.489 e. The molecule has 3 aromatic carbocycles. The van der Waals surface area contributed by atoms with E-state index in [2.05, 4.69) is 29.6 Å². The number of halogens is 1. The molecular formula is C28H26ClNO3. The monoisotopic (exact) mass is 459 g/mol. The second-order valence-corrected chi connectivity index (χ2v) is 10.1. The first-order chi connectivity index (χ1) is 16.1.